The Morgan fingerprint density at radius 3 is 1.28 bits per heavy atom. The van der Waals surface area contributed by atoms with Crippen molar-refractivity contribution >= 4 is 23.3 Å². The molecule has 0 amide bonds. The molecule has 3 atom stereocenters. The van der Waals surface area contributed by atoms with E-state index in [1.807, 2.05) is 12.1 Å². The van der Waals surface area contributed by atoms with Crippen LogP contribution < -0.4 is 30.0 Å². The molecule has 0 radical (unpaired) electrons. The molecular weight excluding hydrogens is 821 g/mol. The standard InChI is InChI=1S/2C18H14F3.C7H9Si.2ClH.Zr/c2*1-2-12-10-14-4-3-5-16(17(14)11-12)13-6-8-15(9-7-13)18(19,20)21;1-8-7-5-3-2-4-6-7;;;/h2*3-11H,2H2,1H3;2-6,8H,1H3;2*1H;/q;;;;;+2/p-2. The molecule has 0 fully saturated rings. The van der Waals surface area contributed by atoms with Crippen molar-refractivity contribution in [2.45, 2.75) is 52.8 Å². The van der Waals surface area contributed by atoms with Crippen molar-refractivity contribution in [3.63, 3.8) is 0 Å². The minimum atomic E-state index is -4.40. The average molecular weight is 858 g/mol. The maximum Gasteiger partial charge on any atom is -1.00 e. The topological polar surface area (TPSA) is 0 Å². The van der Waals surface area contributed by atoms with E-state index in [2.05, 4.69) is 87.1 Å². The van der Waals surface area contributed by atoms with Gasteiger partial charge in [-0.05, 0) is 0 Å². The third-order valence-electron chi connectivity index (χ3n) is 10.6. The molecule has 10 heteroatoms. The molecule has 5 aromatic carbocycles. The summed E-state index contributed by atoms with van der Waals surface area (Å²) in [7, 11) is 0. The number of benzene rings is 5. The number of fused-ring (bicyclic) bond motifs is 2. The number of hydrogen-bond acceptors (Lipinski definition) is 0. The van der Waals surface area contributed by atoms with E-state index in [-0.39, 0.29) is 32.1 Å². The van der Waals surface area contributed by atoms with Crippen LogP contribution >= 0.6 is 0 Å². The van der Waals surface area contributed by atoms with Gasteiger partial charge in [0.25, 0.3) is 0 Å². The second kappa shape index (κ2) is 16.3. The zero-order valence-corrected chi connectivity index (χ0v) is 34.4. The Hall–Kier alpha value is -3.16. The van der Waals surface area contributed by atoms with Crippen LogP contribution in [0.25, 0.3) is 34.4 Å². The minimum absolute atomic E-state index is 0. The van der Waals surface area contributed by atoms with Crippen molar-refractivity contribution in [3.05, 3.63) is 160 Å². The second-order valence-electron chi connectivity index (χ2n) is 13.4. The van der Waals surface area contributed by atoms with Crippen LogP contribution in [0.2, 0.25) is 6.55 Å². The van der Waals surface area contributed by atoms with Crippen molar-refractivity contribution < 1.29 is 72.1 Å². The Morgan fingerprint density at radius 2 is 0.925 bits per heavy atom. The molecule has 0 bridgehead atoms. The Kier molecular flexibility index (Phi) is 12.6. The first-order valence-corrected chi connectivity index (χ1v) is 26.7. The van der Waals surface area contributed by atoms with Gasteiger partial charge >= 0.3 is 305 Å². The van der Waals surface area contributed by atoms with Crippen LogP contribution in [0.4, 0.5) is 26.3 Å². The van der Waals surface area contributed by atoms with E-state index in [4.69, 9.17) is 0 Å². The Morgan fingerprint density at radius 1 is 0.528 bits per heavy atom. The average Bonchev–Trinajstić information content (AvgIpc) is 3.70. The monoisotopic (exact) mass is 855 g/mol. The van der Waals surface area contributed by atoms with Gasteiger partial charge in [-0.25, -0.2) is 0 Å². The summed E-state index contributed by atoms with van der Waals surface area (Å²) in [5, 5.41) is 1.44. The summed E-state index contributed by atoms with van der Waals surface area (Å²) in [6.45, 7) is 6.93. The van der Waals surface area contributed by atoms with E-state index >= 15 is 0 Å². The SMILES string of the molecule is CCC1=Cc2c(-c3ccc(C(F)(F)F)cc3)cccc2[CH]1[Zr+2]([CH]1C(CC)=Cc2c(-c3ccc(C(F)(F)F)cc3)cccc21)[SiH](C)c1ccccc1.[Cl-].[Cl-]. The molecule has 0 spiro atoms. The summed E-state index contributed by atoms with van der Waals surface area (Å²) >= 11 is -2.73. The van der Waals surface area contributed by atoms with Crippen LogP contribution in [0.3, 0.4) is 0 Å². The van der Waals surface area contributed by atoms with E-state index in [9.17, 15) is 26.3 Å². The number of rotatable bonds is 8. The molecule has 2 aliphatic rings. The normalized spacial score (nSPS) is 16.8. The fourth-order valence-corrected chi connectivity index (χ4v) is 33.9. The van der Waals surface area contributed by atoms with Gasteiger partial charge in [-0.2, -0.15) is 0 Å². The second-order valence-corrected chi connectivity index (χ2v) is 31.1. The van der Waals surface area contributed by atoms with Gasteiger partial charge in [0.2, 0.25) is 0 Å². The van der Waals surface area contributed by atoms with E-state index in [1.54, 1.807) is 24.3 Å². The summed E-state index contributed by atoms with van der Waals surface area (Å²) in [6.07, 6.45) is -2.39. The summed E-state index contributed by atoms with van der Waals surface area (Å²) in [5.41, 5.74) is 9.74. The van der Waals surface area contributed by atoms with Crippen LogP contribution in [-0.4, -0.2) is 5.92 Å². The largest absolute Gasteiger partial charge is 1.00 e. The van der Waals surface area contributed by atoms with Crippen molar-refractivity contribution in [2.75, 3.05) is 0 Å². The maximum atomic E-state index is 13.4. The zero-order chi connectivity index (χ0) is 36.1. The number of hydrogen-bond donors (Lipinski definition) is 0. The number of allylic oxidation sites excluding steroid dienone is 2. The van der Waals surface area contributed by atoms with Gasteiger partial charge in [0.05, 0.1) is 0 Å². The van der Waals surface area contributed by atoms with Crippen molar-refractivity contribution in [1.29, 1.82) is 0 Å². The van der Waals surface area contributed by atoms with Crippen molar-refractivity contribution in [3.8, 4) is 22.3 Å². The first-order valence-electron chi connectivity index (χ1n) is 17.3. The molecule has 7 rings (SSSR count). The van der Waals surface area contributed by atoms with Gasteiger partial charge in [0.15, 0.2) is 0 Å². The molecule has 5 aromatic rings. The quantitative estimate of drug-likeness (QED) is 0.126. The van der Waals surface area contributed by atoms with Crippen LogP contribution in [-0.2, 0) is 33.3 Å². The molecule has 0 N–H and O–H groups in total. The van der Waals surface area contributed by atoms with Crippen molar-refractivity contribution in [1.82, 2.24) is 0 Å². The Balaban J connectivity index is 0.00000271. The maximum absolute atomic E-state index is 13.4. The number of halogens is 8. The molecule has 0 saturated heterocycles. The summed E-state index contributed by atoms with van der Waals surface area (Å²) in [6, 6.07) is 34.5. The fourth-order valence-electron chi connectivity index (χ4n) is 8.11. The minimum Gasteiger partial charge on any atom is -1.00 e. The molecule has 0 nitrogen and oxygen atoms in total. The molecule has 0 aliphatic heterocycles. The van der Waals surface area contributed by atoms with Gasteiger partial charge in [-0.1, -0.05) is 0 Å². The van der Waals surface area contributed by atoms with Gasteiger partial charge in [0.1, 0.15) is 0 Å². The molecule has 3 unspecified atom stereocenters. The third-order valence-corrected chi connectivity index (χ3v) is 33.4. The summed E-state index contributed by atoms with van der Waals surface area (Å²) < 4.78 is 81.2. The van der Waals surface area contributed by atoms with Gasteiger partial charge in [-0.3, -0.25) is 0 Å². The summed E-state index contributed by atoms with van der Waals surface area (Å²) in [4.78, 5) is 0. The Labute approximate surface area is 328 Å². The van der Waals surface area contributed by atoms with E-state index in [1.165, 1.54) is 51.7 Å². The third kappa shape index (κ3) is 7.85. The molecule has 2 aliphatic carbocycles. The van der Waals surface area contributed by atoms with Crippen molar-refractivity contribution in [2.24, 2.45) is 0 Å². The number of alkyl halides is 6. The first kappa shape index (κ1) is 41.0. The van der Waals surface area contributed by atoms with Crippen LogP contribution in [0, 0.1) is 0 Å². The van der Waals surface area contributed by atoms with E-state index in [0.717, 1.165) is 46.2 Å². The van der Waals surface area contributed by atoms with Gasteiger partial charge in [-0.15, -0.1) is 0 Å². The first-order chi connectivity index (χ1) is 24.4. The smallest absolute Gasteiger partial charge is 1.00 e. The predicted octanol–water partition coefficient (Wildman–Crippen LogP) is 6.34. The van der Waals surface area contributed by atoms with E-state index < -0.39 is 50.3 Å². The zero-order valence-electron chi connectivity index (χ0n) is 29.3. The Bertz CT molecular complexity index is 1990. The van der Waals surface area contributed by atoms with Gasteiger partial charge in [0, 0.05) is 0 Å². The predicted molar refractivity (Wildman–Crippen MR) is 195 cm³/mol. The van der Waals surface area contributed by atoms with Crippen LogP contribution in [0.5, 0.6) is 0 Å². The molecule has 273 valence electrons. The molecular formula is C43H37Cl2F6SiZr. The summed E-state index contributed by atoms with van der Waals surface area (Å²) in [5.74, 6) is -1.57. The molecule has 0 aromatic heterocycles. The molecule has 0 saturated carbocycles. The molecule has 0 heterocycles. The fraction of sp³-hybridized carbons (Fsp3) is 0.209. The molecule has 53 heavy (non-hydrogen) atoms. The van der Waals surface area contributed by atoms with Gasteiger partial charge < -0.3 is 24.8 Å². The van der Waals surface area contributed by atoms with E-state index in [0.29, 0.717) is 0 Å². The van der Waals surface area contributed by atoms with Crippen LogP contribution in [0.1, 0.15) is 67.3 Å². The van der Waals surface area contributed by atoms with Crippen LogP contribution in [0.15, 0.2) is 126 Å².